The van der Waals surface area contributed by atoms with Crippen molar-refractivity contribution in [1.29, 1.82) is 0 Å². The maximum absolute atomic E-state index is 10.5. The zero-order valence-corrected chi connectivity index (χ0v) is 24.6. The minimum Gasteiger partial charge on any atom is -0.392 e. The molecule has 4 nitrogen and oxygen atoms in total. The number of hydrogen-bond donors (Lipinski definition) is 4. The highest BCUT2D eigenvalue weighted by Crippen LogP contribution is 2.60. The second-order valence-corrected chi connectivity index (χ2v) is 14.3. The second-order valence-electron chi connectivity index (χ2n) is 14.3. The minimum absolute atomic E-state index is 0.171. The molecule has 0 aromatic heterocycles. The van der Waals surface area contributed by atoms with Gasteiger partial charge in [0, 0.05) is 5.92 Å². The summed E-state index contributed by atoms with van der Waals surface area (Å²) in [7, 11) is 0. The van der Waals surface area contributed by atoms with E-state index in [-0.39, 0.29) is 11.3 Å². The summed E-state index contributed by atoms with van der Waals surface area (Å²) in [5, 5.41) is 41.5. The fraction of sp³-hybridized carbons (Fsp3) is 0.818. The molecule has 0 radical (unpaired) electrons. The standard InChI is InChI=1S/C33H56O4/c1-22-26(21-29(34)23(2)30(22)35)15-14-25-13-10-20-33(7)27(16-17-28(25)33)24(11-8-18-31(3,4)36)12-9-19-32(5,6)37/h14-15,23-24,27-30,34-37H,1,8-13,16-21H2,2-7H3/b25-14+,26-15-/t23-,27+,28?,29+,30+,33+/m0/s1. The highest BCUT2D eigenvalue weighted by molar-refractivity contribution is 5.39. The molecular weight excluding hydrogens is 460 g/mol. The van der Waals surface area contributed by atoms with Gasteiger partial charge in [0.2, 0.25) is 0 Å². The van der Waals surface area contributed by atoms with Gasteiger partial charge in [-0.3, -0.25) is 0 Å². The smallest absolute Gasteiger partial charge is 0.0837 e. The molecule has 0 bridgehead atoms. The van der Waals surface area contributed by atoms with E-state index < -0.39 is 23.4 Å². The van der Waals surface area contributed by atoms with Gasteiger partial charge in [-0.25, -0.2) is 0 Å². The average molecular weight is 517 g/mol. The van der Waals surface area contributed by atoms with E-state index in [1.165, 1.54) is 31.3 Å². The van der Waals surface area contributed by atoms with Crippen LogP contribution in [0, 0.1) is 29.1 Å². The van der Waals surface area contributed by atoms with Gasteiger partial charge < -0.3 is 20.4 Å². The number of fused-ring (bicyclic) bond motifs is 1. The summed E-state index contributed by atoms with van der Waals surface area (Å²) in [6.07, 6.45) is 16.0. The van der Waals surface area contributed by atoms with Crippen LogP contribution >= 0.6 is 0 Å². The van der Waals surface area contributed by atoms with Gasteiger partial charge in [-0.05, 0) is 113 Å². The Labute approximate surface area is 227 Å². The van der Waals surface area contributed by atoms with E-state index in [0.717, 1.165) is 56.1 Å². The first-order valence-electron chi connectivity index (χ1n) is 15.0. The summed E-state index contributed by atoms with van der Waals surface area (Å²) < 4.78 is 0. The topological polar surface area (TPSA) is 80.9 Å². The molecule has 212 valence electrons. The Hall–Kier alpha value is -0.940. The third-order valence-corrected chi connectivity index (χ3v) is 10.1. The van der Waals surface area contributed by atoms with Crippen molar-refractivity contribution in [3.8, 4) is 0 Å². The average Bonchev–Trinajstić information content (AvgIpc) is 3.14. The van der Waals surface area contributed by atoms with Gasteiger partial charge in [-0.2, -0.15) is 0 Å². The maximum Gasteiger partial charge on any atom is 0.0837 e. The third-order valence-electron chi connectivity index (χ3n) is 10.1. The van der Waals surface area contributed by atoms with E-state index >= 15 is 0 Å². The Morgan fingerprint density at radius 3 is 2.16 bits per heavy atom. The van der Waals surface area contributed by atoms with Crippen molar-refractivity contribution in [2.75, 3.05) is 0 Å². The van der Waals surface area contributed by atoms with Crippen molar-refractivity contribution in [2.24, 2.45) is 29.1 Å². The van der Waals surface area contributed by atoms with Gasteiger partial charge in [0.25, 0.3) is 0 Å². The molecule has 3 saturated carbocycles. The van der Waals surface area contributed by atoms with E-state index in [0.29, 0.717) is 24.2 Å². The van der Waals surface area contributed by atoms with Crippen LogP contribution < -0.4 is 0 Å². The van der Waals surface area contributed by atoms with Crippen molar-refractivity contribution in [2.45, 2.75) is 142 Å². The number of rotatable bonds is 10. The molecule has 0 aromatic rings. The normalized spacial score (nSPS) is 35.5. The molecule has 6 atom stereocenters. The Bertz CT molecular complexity index is 821. The molecule has 4 N–H and O–H groups in total. The molecule has 3 aliphatic carbocycles. The second kappa shape index (κ2) is 12.1. The molecule has 0 aromatic carbocycles. The molecule has 37 heavy (non-hydrogen) atoms. The van der Waals surface area contributed by atoms with Crippen LogP contribution in [0.25, 0.3) is 0 Å². The zero-order chi connectivity index (χ0) is 27.6. The molecule has 3 aliphatic rings. The lowest BCUT2D eigenvalue weighted by Crippen LogP contribution is -2.37. The molecule has 3 rings (SSSR count). The van der Waals surface area contributed by atoms with Crippen LogP contribution in [-0.4, -0.2) is 43.8 Å². The predicted molar refractivity (Wildman–Crippen MR) is 153 cm³/mol. The maximum atomic E-state index is 10.5. The molecule has 0 saturated heterocycles. The minimum atomic E-state index is -0.672. The van der Waals surface area contributed by atoms with Gasteiger partial charge in [0.05, 0.1) is 23.4 Å². The quantitative estimate of drug-likeness (QED) is 0.255. The van der Waals surface area contributed by atoms with Crippen LogP contribution in [0.1, 0.15) is 119 Å². The van der Waals surface area contributed by atoms with E-state index in [1.54, 1.807) is 0 Å². The van der Waals surface area contributed by atoms with Crippen molar-refractivity contribution < 1.29 is 20.4 Å². The Balaban J connectivity index is 1.77. The van der Waals surface area contributed by atoms with Gasteiger partial charge in [-0.1, -0.05) is 63.8 Å². The van der Waals surface area contributed by atoms with Crippen LogP contribution in [0.2, 0.25) is 0 Å². The fourth-order valence-corrected chi connectivity index (χ4v) is 7.84. The van der Waals surface area contributed by atoms with Crippen molar-refractivity contribution >= 4 is 0 Å². The third kappa shape index (κ3) is 7.81. The molecule has 4 heteroatoms. The van der Waals surface area contributed by atoms with E-state index in [9.17, 15) is 20.4 Å². The molecule has 1 unspecified atom stereocenters. The molecule has 0 aliphatic heterocycles. The van der Waals surface area contributed by atoms with Gasteiger partial charge >= 0.3 is 0 Å². The van der Waals surface area contributed by atoms with Crippen LogP contribution in [0.3, 0.4) is 0 Å². The summed E-state index contributed by atoms with van der Waals surface area (Å²) in [6, 6.07) is 0. The fourth-order valence-electron chi connectivity index (χ4n) is 7.84. The lowest BCUT2D eigenvalue weighted by Gasteiger charge is -2.45. The molecule has 0 heterocycles. The molecular formula is C33H56O4. The Morgan fingerprint density at radius 2 is 1.59 bits per heavy atom. The Kier molecular flexibility index (Phi) is 9.98. The lowest BCUT2D eigenvalue weighted by molar-refractivity contribution is 0.0283. The summed E-state index contributed by atoms with van der Waals surface area (Å²) >= 11 is 0. The van der Waals surface area contributed by atoms with Gasteiger partial charge in [0.1, 0.15) is 0 Å². The van der Waals surface area contributed by atoms with Crippen LogP contribution in [0.15, 0.2) is 35.5 Å². The highest BCUT2D eigenvalue weighted by atomic mass is 16.3. The highest BCUT2D eigenvalue weighted by Gasteiger charge is 2.51. The van der Waals surface area contributed by atoms with E-state index in [2.05, 4.69) is 25.7 Å². The largest absolute Gasteiger partial charge is 0.392 e. The zero-order valence-electron chi connectivity index (χ0n) is 24.6. The molecule has 0 amide bonds. The van der Waals surface area contributed by atoms with E-state index in [1.807, 2.05) is 34.6 Å². The number of allylic oxidation sites excluding steroid dienone is 3. The van der Waals surface area contributed by atoms with Crippen molar-refractivity contribution in [3.63, 3.8) is 0 Å². The lowest BCUT2D eigenvalue weighted by atomic mass is 9.60. The molecule has 3 fully saturated rings. The van der Waals surface area contributed by atoms with Crippen LogP contribution in [-0.2, 0) is 0 Å². The van der Waals surface area contributed by atoms with Crippen LogP contribution in [0.4, 0.5) is 0 Å². The van der Waals surface area contributed by atoms with Crippen molar-refractivity contribution in [1.82, 2.24) is 0 Å². The first-order valence-corrected chi connectivity index (χ1v) is 15.0. The van der Waals surface area contributed by atoms with Gasteiger partial charge in [0.15, 0.2) is 0 Å². The number of aliphatic hydroxyl groups excluding tert-OH is 2. The number of aliphatic hydroxyl groups is 4. The molecule has 0 spiro atoms. The summed E-state index contributed by atoms with van der Waals surface area (Å²) in [5.74, 6) is 1.71. The number of hydrogen-bond acceptors (Lipinski definition) is 4. The SMILES string of the molecule is C=C1/C(=C\C=C2/CCC[C@@]3(C)C2CC[C@@H]3C(CCCC(C)(C)O)CCCC(C)(C)O)C[C@@H](O)[C@H](C)[C@@H]1O. The summed E-state index contributed by atoms with van der Waals surface area (Å²) in [4.78, 5) is 0. The Morgan fingerprint density at radius 1 is 1.00 bits per heavy atom. The summed E-state index contributed by atoms with van der Waals surface area (Å²) in [5.41, 5.74) is 2.34. The monoisotopic (exact) mass is 516 g/mol. The first-order chi connectivity index (χ1) is 17.1. The van der Waals surface area contributed by atoms with Crippen LogP contribution in [0.5, 0.6) is 0 Å². The van der Waals surface area contributed by atoms with Gasteiger partial charge in [-0.15, -0.1) is 0 Å². The predicted octanol–water partition coefficient (Wildman–Crippen LogP) is 6.87. The first kappa shape index (κ1) is 30.6. The summed E-state index contributed by atoms with van der Waals surface area (Å²) in [6.45, 7) is 16.2. The van der Waals surface area contributed by atoms with Crippen molar-refractivity contribution in [3.05, 3.63) is 35.5 Å². The van der Waals surface area contributed by atoms with E-state index in [4.69, 9.17) is 0 Å².